The van der Waals surface area contributed by atoms with Crippen LogP contribution in [0.1, 0.15) is 27.2 Å². The van der Waals surface area contributed by atoms with Crippen LogP contribution in [-0.4, -0.2) is 23.2 Å². The maximum atomic E-state index is 11.0. The van der Waals surface area contributed by atoms with Gasteiger partial charge in [0.2, 0.25) is 5.91 Å². The summed E-state index contributed by atoms with van der Waals surface area (Å²) < 4.78 is 0. The van der Waals surface area contributed by atoms with E-state index < -0.39 is 5.60 Å². The Labute approximate surface area is 73.5 Å². The number of amides is 1. The molecule has 1 unspecified atom stereocenters. The first-order chi connectivity index (χ1) is 5.39. The number of hydrogen-bond donors (Lipinski definition) is 2. The first-order valence-electron chi connectivity index (χ1n) is 4.05. The number of aliphatic hydroxyl groups is 1. The second-order valence-corrected chi connectivity index (χ2v) is 3.31. The molecule has 0 rings (SSSR count). The molecule has 1 atom stereocenters. The van der Waals surface area contributed by atoms with Gasteiger partial charge < -0.3 is 10.4 Å². The van der Waals surface area contributed by atoms with Crippen molar-refractivity contribution in [3.63, 3.8) is 0 Å². The summed E-state index contributed by atoms with van der Waals surface area (Å²) in [5, 5.41) is 12.1. The van der Waals surface area contributed by atoms with Crippen LogP contribution in [0.4, 0.5) is 0 Å². The van der Waals surface area contributed by atoms with Gasteiger partial charge in [0, 0.05) is 12.1 Å². The predicted molar refractivity (Wildman–Crippen MR) is 48.7 cm³/mol. The lowest BCUT2D eigenvalue weighted by Crippen LogP contribution is -2.40. The molecule has 0 aliphatic rings. The van der Waals surface area contributed by atoms with E-state index in [9.17, 15) is 9.90 Å². The van der Waals surface area contributed by atoms with Crippen molar-refractivity contribution < 1.29 is 9.90 Å². The SMILES string of the molecule is C=C(C)C(=O)NCC(C)(O)CC. The van der Waals surface area contributed by atoms with Crippen molar-refractivity contribution in [2.75, 3.05) is 6.54 Å². The quantitative estimate of drug-likeness (QED) is 0.616. The van der Waals surface area contributed by atoms with Crippen LogP contribution >= 0.6 is 0 Å². The largest absolute Gasteiger partial charge is 0.388 e. The zero-order valence-corrected chi connectivity index (χ0v) is 7.98. The molecule has 0 saturated carbocycles. The van der Waals surface area contributed by atoms with Gasteiger partial charge in [-0.25, -0.2) is 0 Å². The Kier molecular flexibility index (Phi) is 3.96. The van der Waals surface area contributed by atoms with Crippen LogP contribution in [0.2, 0.25) is 0 Å². The topological polar surface area (TPSA) is 49.3 Å². The summed E-state index contributed by atoms with van der Waals surface area (Å²) in [6.07, 6.45) is 0.615. The monoisotopic (exact) mass is 171 g/mol. The average molecular weight is 171 g/mol. The van der Waals surface area contributed by atoms with Crippen LogP contribution in [0.15, 0.2) is 12.2 Å². The molecule has 1 amide bonds. The van der Waals surface area contributed by atoms with Gasteiger partial charge in [0.25, 0.3) is 0 Å². The lowest BCUT2D eigenvalue weighted by atomic mass is 10.0. The third-order valence-electron chi connectivity index (χ3n) is 1.78. The Hall–Kier alpha value is -0.830. The van der Waals surface area contributed by atoms with Crippen molar-refractivity contribution in [2.45, 2.75) is 32.8 Å². The fraction of sp³-hybridized carbons (Fsp3) is 0.667. The van der Waals surface area contributed by atoms with E-state index in [1.54, 1.807) is 13.8 Å². The van der Waals surface area contributed by atoms with Gasteiger partial charge in [0.1, 0.15) is 0 Å². The molecule has 0 aliphatic carbocycles. The molecule has 0 spiro atoms. The number of carbonyl (C=O) groups is 1. The highest BCUT2D eigenvalue weighted by molar-refractivity contribution is 5.92. The van der Waals surface area contributed by atoms with Gasteiger partial charge in [-0.1, -0.05) is 13.5 Å². The molecular formula is C9H17NO2. The van der Waals surface area contributed by atoms with E-state index in [0.29, 0.717) is 12.0 Å². The molecular weight excluding hydrogens is 154 g/mol. The molecule has 0 aromatic heterocycles. The maximum Gasteiger partial charge on any atom is 0.246 e. The van der Waals surface area contributed by atoms with E-state index >= 15 is 0 Å². The van der Waals surface area contributed by atoms with Crippen molar-refractivity contribution in [1.82, 2.24) is 5.32 Å². The minimum Gasteiger partial charge on any atom is -0.388 e. The molecule has 0 aliphatic heterocycles. The van der Waals surface area contributed by atoms with Crippen LogP contribution < -0.4 is 5.32 Å². The van der Waals surface area contributed by atoms with Crippen LogP contribution in [-0.2, 0) is 4.79 Å². The Balaban J connectivity index is 3.83. The minimum atomic E-state index is -0.814. The van der Waals surface area contributed by atoms with E-state index in [-0.39, 0.29) is 12.5 Å². The molecule has 12 heavy (non-hydrogen) atoms. The normalized spacial score (nSPS) is 15.0. The van der Waals surface area contributed by atoms with Crippen molar-refractivity contribution in [2.24, 2.45) is 0 Å². The summed E-state index contributed by atoms with van der Waals surface area (Å²) in [5.74, 6) is -0.205. The van der Waals surface area contributed by atoms with Crippen LogP contribution in [0.5, 0.6) is 0 Å². The highest BCUT2D eigenvalue weighted by atomic mass is 16.3. The second kappa shape index (κ2) is 4.26. The summed E-state index contributed by atoms with van der Waals surface area (Å²) in [7, 11) is 0. The van der Waals surface area contributed by atoms with Crippen molar-refractivity contribution in [3.8, 4) is 0 Å². The molecule has 0 aromatic rings. The van der Waals surface area contributed by atoms with Gasteiger partial charge in [0.05, 0.1) is 5.60 Å². The number of carbonyl (C=O) groups excluding carboxylic acids is 1. The zero-order chi connectivity index (χ0) is 9.78. The molecule has 0 radical (unpaired) electrons. The van der Waals surface area contributed by atoms with Crippen molar-refractivity contribution in [1.29, 1.82) is 0 Å². The van der Waals surface area contributed by atoms with E-state index in [1.165, 1.54) is 0 Å². The predicted octanol–water partition coefficient (Wildman–Crippen LogP) is 0.840. The van der Waals surface area contributed by atoms with Gasteiger partial charge in [-0.2, -0.15) is 0 Å². The molecule has 0 fully saturated rings. The minimum absolute atomic E-state index is 0.205. The van der Waals surface area contributed by atoms with Crippen molar-refractivity contribution >= 4 is 5.91 Å². The first kappa shape index (κ1) is 11.2. The van der Waals surface area contributed by atoms with E-state index in [0.717, 1.165) is 0 Å². The Bertz CT molecular complexity index is 185. The highest BCUT2D eigenvalue weighted by Gasteiger charge is 2.18. The van der Waals surface area contributed by atoms with E-state index in [4.69, 9.17) is 0 Å². The summed E-state index contributed by atoms with van der Waals surface area (Å²) in [5.41, 5.74) is -0.354. The van der Waals surface area contributed by atoms with Crippen molar-refractivity contribution in [3.05, 3.63) is 12.2 Å². The Morgan fingerprint density at radius 1 is 1.67 bits per heavy atom. The lowest BCUT2D eigenvalue weighted by Gasteiger charge is -2.21. The smallest absolute Gasteiger partial charge is 0.246 e. The van der Waals surface area contributed by atoms with E-state index in [1.807, 2.05) is 6.92 Å². The Morgan fingerprint density at radius 3 is 2.50 bits per heavy atom. The molecule has 0 heterocycles. The molecule has 70 valence electrons. The molecule has 0 aromatic carbocycles. The first-order valence-corrected chi connectivity index (χ1v) is 4.05. The number of nitrogens with one attached hydrogen (secondary N) is 1. The van der Waals surface area contributed by atoms with Gasteiger partial charge >= 0.3 is 0 Å². The van der Waals surface area contributed by atoms with E-state index in [2.05, 4.69) is 11.9 Å². The molecule has 3 heteroatoms. The standard InChI is InChI=1S/C9H17NO2/c1-5-9(4,12)6-10-8(11)7(2)3/h12H,2,5-6H2,1,3-4H3,(H,10,11). The second-order valence-electron chi connectivity index (χ2n) is 3.31. The fourth-order valence-corrected chi connectivity index (χ4v) is 0.547. The van der Waals surface area contributed by atoms with Crippen LogP contribution in [0.25, 0.3) is 0 Å². The van der Waals surface area contributed by atoms with Gasteiger partial charge in [-0.15, -0.1) is 0 Å². The number of hydrogen-bond acceptors (Lipinski definition) is 2. The van der Waals surface area contributed by atoms with Gasteiger partial charge in [-0.3, -0.25) is 4.79 Å². The summed E-state index contributed by atoms with van der Waals surface area (Å²) >= 11 is 0. The maximum absolute atomic E-state index is 11.0. The summed E-state index contributed by atoms with van der Waals surface area (Å²) in [6.45, 7) is 8.95. The molecule has 3 nitrogen and oxygen atoms in total. The van der Waals surface area contributed by atoms with Crippen LogP contribution in [0.3, 0.4) is 0 Å². The lowest BCUT2D eigenvalue weighted by molar-refractivity contribution is -0.118. The fourth-order valence-electron chi connectivity index (χ4n) is 0.547. The summed E-state index contributed by atoms with van der Waals surface area (Å²) in [4.78, 5) is 11.0. The number of rotatable bonds is 4. The van der Waals surface area contributed by atoms with Crippen LogP contribution in [0, 0.1) is 0 Å². The Morgan fingerprint density at radius 2 is 2.17 bits per heavy atom. The third-order valence-corrected chi connectivity index (χ3v) is 1.78. The van der Waals surface area contributed by atoms with Gasteiger partial charge in [0.15, 0.2) is 0 Å². The molecule has 0 bridgehead atoms. The zero-order valence-electron chi connectivity index (χ0n) is 7.98. The molecule has 0 saturated heterocycles. The average Bonchev–Trinajstić information content (AvgIpc) is 2.00. The molecule has 2 N–H and O–H groups in total. The third kappa shape index (κ3) is 4.13. The van der Waals surface area contributed by atoms with Gasteiger partial charge in [-0.05, 0) is 20.3 Å². The highest BCUT2D eigenvalue weighted by Crippen LogP contribution is 2.05. The summed E-state index contributed by atoms with van der Waals surface area (Å²) in [6, 6.07) is 0.